The van der Waals surface area contributed by atoms with Gasteiger partial charge in [0.05, 0.1) is 23.5 Å². The summed E-state index contributed by atoms with van der Waals surface area (Å²) in [7, 11) is 1.63. The fourth-order valence-electron chi connectivity index (χ4n) is 3.06. The first-order valence-electron chi connectivity index (χ1n) is 8.84. The number of hydrogen-bond acceptors (Lipinski definition) is 5. The number of fused-ring (bicyclic) bond motifs is 1. The van der Waals surface area contributed by atoms with Gasteiger partial charge in [-0.25, -0.2) is 0 Å². The van der Waals surface area contributed by atoms with Gasteiger partial charge < -0.3 is 15.8 Å². The number of amides is 1. The molecule has 2 aromatic heterocycles. The van der Waals surface area contributed by atoms with E-state index in [9.17, 15) is 4.79 Å². The molecule has 0 radical (unpaired) electrons. The van der Waals surface area contributed by atoms with Gasteiger partial charge in [-0.15, -0.1) is 11.3 Å². The SMILES string of the molecule is COc1cccc([C@@H](C)NC(=O)c2ccc(-c3ccc4[nH]nc(N)c4c3)s2)c1. The zero-order valence-electron chi connectivity index (χ0n) is 15.5. The maximum absolute atomic E-state index is 12.7. The Balaban J connectivity index is 1.52. The monoisotopic (exact) mass is 392 g/mol. The number of benzene rings is 2. The number of anilines is 1. The molecule has 0 unspecified atom stereocenters. The van der Waals surface area contributed by atoms with Crippen LogP contribution in [0, 0.1) is 0 Å². The van der Waals surface area contributed by atoms with E-state index in [1.807, 2.05) is 61.5 Å². The number of hydrogen-bond donors (Lipinski definition) is 3. The highest BCUT2D eigenvalue weighted by atomic mass is 32.1. The van der Waals surface area contributed by atoms with Crippen molar-refractivity contribution in [2.45, 2.75) is 13.0 Å². The summed E-state index contributed by atoms with van der Waals surface area (Å²) in [5.74, 6) is 1.14. The van der Waals surface area contributed by atoms with E-state index in [0.717, 1.165) is 32.7 Å². The molecule has 0 fully saturated rings. The van der Waals surface area contributed by atoms with E-state index in [2.05, 4.69) is 15.5 Å². The minimum Gasteiger partial charge on any atom is -0.497 e. The summed E-state index contributed by atoms with van der Waals surface area (Å²) in [6.07, 6.45) is 0. The first-order valence-corrected chi connectivity index (χ1v) is 9.65. The first-order chi connectivity index (χ1) is 13.5. The summed E-state index contributed by atoms with van der Waals surface area (Å²) in [6, 6.07) is 17.3. The van der Waals surface area contributed by atoms with Gasteiger partial charge in [0.2, 0.25) is 0 Å². The molecule has 0 aliphatic heterocycles. The van der Waals surface area contributed by atoms with E-state index < -0.39 is 0 Å². The Morgan fingerprint density at radius 2 is 2.07 bits per heavy atom. The molecule has 4 N–H and O–H groups in total. The summed E-state index contributed by atoms with van der Waals surface area (Å²) in [5, 5.41) is 10.8. The summed E-state index contributed by atoms with van der Waals surface area (Å²) in [4.78, 5) is 14.3. The van der Waals surface area contributed by atoms with Crippen LogP contribution in [-0.2, 0) is 0 Å². The van der Waals surface area contributed by atoms with E-state index in [-0.39, 0.29) is 11.9 Å². The van der Waals surface area contributed by atoms with Gasteiger partial charge in [-0.05, 0) is 54.4 Å². The Bertz CT molecular complexity index is 1150. The number of thiophene rings is 1. The lowest BCUT2D eigenvalue weighted by atomic mass is 10.1. The number of nitrogens with one attached hydrogen (secondary N) is 2. The Hall–Kier alpha value is -3.32. The maximum Gasteiger partial charge on any atom is 0.261 e. The molecule has 28 heavy (non-hydrogen) atoms. The number of H-pyrrole nitrogens is 1. The van der Waals surface area contributed by atoms with Gasteiger partial charge in [-0.2, -0.15) is 5.10 Å². The van der Waals surface area contributed by atoms with Crippen LogP contribution in [0.25, 0.3) is 21.3 Å². The average molecular weight is 392 g/mol. The van der Waals surface area contributed by atoms with Crippen LogP contribution >= 0.6 is 11.3 Å². The number of nitrogen functional groups attached to an aromatic ring is 1. The molecular weight excluding hydrogens is 372 g/mol. The van der Waals surface area contributed by atoms with Crippen LogP contribution in [0.5, 0.6) is 5.75 Å². The van der Waals surface area contributed by atoms with Crippen molar-refractivity contribution in [3.63, 3.8) is 0 Å². The number of rotatable bonds is 5. The lowest BCUT2D eigenvalue weighted by Crippen LogP contribution is -2.25. The molecule has 142 valence electrons. The van der Waals surface area contributed by atoms with Crippen molar-refractivity contribution in [1.82, 2.24) is 15.5 Å². The third kappa shape index (κ3) is 3.44. The fourth-order valence-corrected chi connectivity index (χ4v) is 3.97. The quantitative estimate of drug-likeness (QED) is 0.470. The molecule has 6 nitrogen and oxygen atoms in total. The summed E-state index contributed by atoms with van der Waals surface area (Å²) in [5.41, 5.74) is 8.78. The van der Waals surface area contributed by atoms with Gasteiger partial charge in [0.25, 0.3) is 5.91 Å². The number of methoxy groups -OCH3 is 1. The standard InChI is InChI=1S/C21H20N4O2S/c1-12(13-4-3-5-15(10-13)27-2)23-21(26)19-9-8-18(28-19)14-6-7-17-16(11-14)20(22)25-24-17/h3-12H,1-2H3,(H,23,26)(H3,22,24,25)/t12-/m1/s1. The molecule has 2 heterocycles. The van der Waals surface area contributed by atoms with Crippen LogP contribution in [0.1, 0.15) is 28.2 Å². The van der Waals surface area contributed by atoms with E-state index in [1.165, 1.54) is 11.3 Å². The van der Waals surface area contributed by atoms with Crippen LogP contribution in [0.2, 0.25) is 0 Å². The van der Waals surface area contributed by atoms with Gasteiger partial charge >= 0.3 is 0 Å². The topological polar surface area (TPSA) is 93.0 Å². The van der Waals surface area contributed by atoms with Crippen LogP contribution in [0.3, 0.4) is 0 Å². The lowest BCUT2D eigenvalue weighted by molar-refractivity contribution is 0.0944. The zero-order chi connectivity index (χ0) is 19.7. The summed E-state index contributed by atoms with van der Waals surface area (Å²) >= 11 is 1.45. The number of carbonyl (C=O) groups is 1. The van der Waals surface area contributed by atoms with Crippen LogP contribution < -0.4 is 15.8 Å². The minimum absolute atomic E-state index is 0.101. The zero-order valence-corrected chi connectivity index (χ0v) is 16.3. The number of nitrogens with two attached hydrogens (primary N) is 1. The van der Waals surface area contributed by atoms with Crippen molar-refractivity contribution in [1.29, 1.82) is 0 Å². The fraction of sp³-hybridized carbons (Fsp3) is 0.143. The van der Waals surface area contributed by atoms with Crippen LogP contribution in [-0.4, -0.2) is 23.2 Å². The molecule has 0 aliphatic carbocycles. The predicted octanol–water partition coefficient (Wildman–Crippen LogP) is 4.37. The second-order valence-corrected chi connectivity index (χ2v) is 7.59. The summed E-state index contributed by atoms with van der Waals surface area (Å²) < 4.78 is 5.25. The second-order valence-electron chi connectivity index (χ2n) is 6.50. The number of carbonyl (C=O) groups excluding carboxylic acids is 1. The van der Waals surface area contributed by atoms with Crippen molar-refractivity contribution >= 4 is 34.0 Å². The van der Waals surface area contributed by atoms with Gasteiger partial charge in [0, 0.05) is 10.3 Å². The van der Waals surface area contributed by atoms with Gasteiger partial charge in [0.1, 0.15) is 5.75 Å². The van der Waals surface area contributed by atoms with Crippen molar-refractivity contribution in [2.24, 2.45) is 0 Å². The van der Waals surface area contributed by atoms with E-state index in [4.69, 9.17) is 10.5 Å². The molecule has 1 atom stereocenters. The Kier molecular flexibility index (Phi) is 4.75. The minimum atomic E-state index is -0.129. The third-order valence-electron chi connectivity index (χ3n) is 4.65. The third-order valence-corrected chi connectivity index (χ3v) is 5.78. The highest BCUT2D eigenvalue weighted by Crippen LogP contribution is 2.31. The van der Waals surface area contributed by atoms with E-state index in [0.29, 0.717) is 10.7 Å². The van der Waals surface area contributed by atoms with Crippen molar-refractivity contribution in [3.8, 4) is 16.2 Å². The van der Waals surface area contributed by atoms with Crippen LogP contribution in [0.15, 0.2) is 54.6 Å². The number of nitrogens with zero attached hydrogens (tertiary/aromatic N) is 1. The molecule has 1 amide bonds. The molecule has 2 aromatic carbocycles. The molecule has 0 saturated carbocycles. The Labute approximate surface area is 166 Å². The summed E-state index contributed by atoms with van der Waals surface area (Å²) in [6.45, 7) is 1.96. The Morgan fingerprint density at radius 3 is 2.89 bits per heavy atom. The first kappa shape index (κ1) is 18.1. The number of aromatic amines is 1. The second kappa shape index (κ2) is 7.36. The van der Waals surface area contributed by atoms with E-state index in [1.54, 1.807) is 7.11 Å². The van der Waals surface area contributed by atoms with Crippen molar-refractivity contribution < 1.29 is 9.53 Å². The molecular formula is C21H20N4O2S. The normalized spacial score (nSPS) is 12.1. The van der Waals surface area contributed by atoms with Crippen molar-refractivity contribution in [3.05, 3.63) is 65.0 Å². The van der Waals surface area contributed by atoms with E-state index >= 15 is 0 Å². The maximum atomic E-state index is 12.7. The molecule has 4 rings (SSSR count). The number of ether oxygens (including phenoxy) is 1. The van der Waals surface area contributed by atoms with Gasteiger partial charge in [-0.3, -0.25) is 9.89 Å². The molecule has 4 aromatic rings. The van der Waals surface area contributed by atoms with Gasteiger partial charge in [0.15, 0.2) is 5.82 Å². The highest BCUT2D eigenvalue weighted by Gasteiger charge is 2.15. The molecule has 0 saturated heterocycles. The lowest BCUT2D eigenvalue weighted by Gasteiger charge is -2.14. The van der Waals surface area contributed by atoms with Gasteiger partial charge in [-0.1, -0.05) is 18.2 Å². The number of aromatic nitrogens is 2. The highest BCUT2D eigenvalue weighted by molar-refractivity contribution is 7.17. The predicted molar refractivity (Wildman–Crippen MR) is 113 cm³/mol. The Morgan fingerprint density at radius 1 is 1.21 bits per heavy atom. The molecule has 0 spiro atoms. The largest absolute Gasteiger partial charge is 0.497 e. The molecule has 0 bridgehead atoms. The average Bonchev–Trinajstić information content (AvgIpc) is 3.35. The smallest absolute Gasteiger partial charge is 0.261 e. The molecule has 7 heteroatoms. The van der Waals surface area contributed by atoms with Crippen molar-refractivity contribution in [2.75, 3.05) is 12.8 Å². The van der Waals surface area contributed by atoms with Crippen LogP contribution in [0.4, 0.5) is 5.82 Å². The molecule has 0 aliphatic rings.